The summed E-state index contributed by atoms with van der Waals surface area (Å²) in [6.07, 6.45) is -11.6. The number of benzene rings is 2. The second kappa shape index (κ2) is 7.18. The van der Waals surface area contributed by atoms with Crippen LogP contribution in [0.25, 0.3) is 0 Å². The molecule has 10 heteroatoms. The Kier molecular flexibility index (Phi) is 5.16. The van der Waals surface area contributed by atoms with Crippen LogP contribution in [0.5, 0.6) is 0 Å². The molecule has 1 N–H and O–H groups in total. The van der Waals surface area contributed by atoms with Crippen molar-refractivity contribution in [2.24, 2.45) is 5.10 Å². The van der Waals surface area contributed by atoms with Crippen LogP contribution in [0.4, 0.5) is 26.3 Å². The zero-order chi connectivity index (χ0) is 21.4. The molecule has 0 radical (unpaired) electrons. The van der Waals surface area contributed by atoms with Crippen molar-refractivity contribution in [2.45, 2.75) is 30.9 Å². The third-order valence-electron chi connectivity index (χ3n) is 4.40. The number of halogens is 6. The first kappa shape index (κ1) is 20.8. The van der Waals surface area contributed by atoms with E-state index in [2.05, 4.69) is 5.10 Å². The van der Waals surface area contributed by atoms with Crippen molar-refractivity contribution in [1.29, 1.82) is 0 Å². The molecule has 29 heavy (non-hydrogen) atoms. The number of alkyl halides is 6. The predicted molar refractivity (Wildman–Crippen MR) is 90.6 cm³/mol. The van der Waals surface area contributed by atoms with Crippen molar-refractivity contribution in [1.82, 2.24) is 5.01 Å². The molecule has 154 valence electrons. The van der Waals surface area contributed by atoms with Gasteiger partial charge in [0.05, 0.1) is 24.1 Å². The van der Waals surface area contributed by atoms with Crippen molar-refractivity contribution < 1.29 is 36.2 Å². The van der Waals surface area contributed by atoms with Crippen LogP contribution in [0, 0.1) is 0 Å². The van der Waals surface area contributed by atoms with Crippen LogP contribution in [-0.2, 0) is 17.4 Å². The monoisotopic (exact) mass is 416 g/mol. The lowest BCUT2D eigenvalue weighted by Crippen LogP contribution is -2.57. The molecule has 0 saturated heterocycles. The van der Waals surface area contributed by atoms with Crippen LogP contribution in [0.3, 0.4) is 0 Å². The number of rotatable bonds is 3. The van der Waals surface area contributed by atoms with E-state index < -0.39 is 48.1 Å². The van der Waals surface area contributed by atoms with E-state index in [1.165, 1.54) is 12.1 Å². The highest BCUT2D eigenvalue weighted by atomic mass is 19.4. The predicted octanol–water partition coefficient (Wildman–Crippen LogP) is 4.14. The number of hydrazone groups is 1. The van der Waals surface area contributed by atoms with Gasteiger partial charge in [0.1, 0.15) is 0 Å². The molecule has 1 aliphatic heterocycles. The zero-order valence-electron chi connectivity index (χ0n) is 14.6. The van der Waals surface area contributed by atoms with Gasteiger partial charge in [-0.1, -0.05) is 42.5 Å². The molecule has 3 rings (SSSR count). The molecule has 0 saturated carbocycles. The minimum absolute atomic E-state index is 0.0877. The number of aliphatic hydroxyl groups is 1. The summed E-state index contributed by atoms with van der Waals surface area (Å²) >= 11 is 0. The first-order valence-electron chi connectivity index (χ1n) is 8.33. The van der Waals surface area contributed by atoms with Gasteiger partial charge in [-0.25, -0.2) is 0 Å². The lowest BCUT2D eigenvalue weighted by atomic mass is 9.99. The number of carbonyl (C=O) groups is 1. The highest BCUT2D eigenvalue weighted by Gasteiger charge is 2.63. The second-order valence-corrected chi connectivity index (χ2v) is 6.48. The Labute approximate surface area is 161 Å². The Bertz CT molecular complexity index is 940. The Morgan fingerprint density at radius 2 is 1.69 bits per heavy atom. The molecule has 1 aliphatic rings. The summed E-state index contributed by atoms with van der Waals surface area (Å²) in [4.78, 5) is 12.5. The molecule has 0 fully saturated rings. The van der Waals surface area contributed by atoms with E-state index in [0.717, 1.165) is 18.2 Å². The minimum Gasteiger partial charge on any atom is -0.362 e. The highest BCUT2D eigenvalue weighted by Crippen LogP contribution is 2.42. The van der Waals surface area contributed by atoms with E-state index in [9.17, 15) is 36.2 Å². The average molecular weight is 416 g/mol. The standard InChI is InChI=1S/C19H14F6N2O2/c20-18(21,22)14-8-4-7-13(10-14)15-11-17(29,19(23,24)25)27(26-15)16(28)9-12-5-2-1-3-6-12/h1-8,10,29H,9,11H2. The van der Waals surface area contributed by atoms with E-state index in [1.807, 2.05) is 0 Å². The van der Waals surface area contributed by atoms with E-state index >= 15 is 0 Å². The zero-order valence-corrected chi connectivity index (χ0v) is 14.6. The van der Waals surface area contributed by atoms with E-state index in [-0.39, 0.29) is 10.6 Å². The largest absolute Gasteiger partial charge is 0.438 e. The summed E-state index contributed by atoms with van der Waals surface area (Å²) in [5.74, 6) is -1.14. The van der Waals surface area contributed by atoms with Crippen LogP contribution in [0.15, 0.2) is 59.7 Å². The van der Waals surface area contributed by atoms with E-state index in [1.54, 1.807) is 18.2 Å². The van der Waals surface area contributed by atoms with Crippen LogP contribution in [-0.4, -0.2) is 33.6 Å². The van der Waals surface area contributed by atoms with Gasteiger partial charge in [0.25, 0.3) is 5.72 Å². The Morgan fingerprint density at radius 3 is 2.28 bits per heavy atom. The molecule has 0 spiro atoms. The normalized spacial score (nSPS) is 20.0. The number of amides is 1. The fraction of sp³-hybridized carbons (Fsp3) is 0.263. The van der Waals surface area contributed by atoms with Crippen LogP contribution in [0.1, 0.15) is 23.1 Å². The molecule has 1 heterocycles. The SMILES string of the molecule is O=C(Cc1ccccc1)N1N=C(c2cccc(C(F)(F)F)c2)CC1(O)C(F)(F)F. The van der Waals surface area contributed by atoms with Crippen molar-refractivity contribution in [3.63, 3.8) is 0 Å². The number of hydrogen-bond donors (Lipinski definition) is 1. The maximum absolute atomic E-state index is 13.6. The smallest absolute Gasteiger partial charge is 0.362 e. The summed E-state index contributed by atoms with van der Waals surface area (Å²) < 4.78 is 79.4. The Hall–Kier alpha value is -2.88. The van der Waals surface area contributed by atoms with Crippen molar-refractivity contribution in [3.8, 4) is 0 Å². The molecule has 0 bridgehead atoms. The lowest BCUT2D eigenvalue weighted by Gasteiger charge is -2.32. The quantitative estimate of drug-likeness (QED) is 0.765. The lowest BCUT2D eigenvalue weighted by molar-refractivity contribution is -0.302. The van der Waals surface area contributed by atoms with Gasteiger partial charge in [-0.15, -0.1) is 0 Å². The topological polar surface area (TPSA) is 52.9 Å². The first-order chi connectivity index (χ1) is 13.4. The molecule has 2 aromatic rings. The van der Waals surface area contributed by atoms with Gasteiger partial charge in [0, 0.05) is 0 Å². The highest BCUT2D eigenvalue weighted by molar-refractivity contribution is 6.03. The third kappa shape index (κ3) is 4.12. The minimum atomic E-state index is -5.27. The molecule has 0 aromatic heterocycles. The molecule has 4 nitrogen and oxygen atoms in total. The summed E-state index contributed by atoms with van der Waals surface area (Å²) in [5, 5.41) is 13.7. The Balaban J connectivity index is 1.98. The van der Waals surface area contributed by atoms with Crippen LogP contribution < -0.4 is 0 Å². The molecule has 0 aliphatic carbocycles. The maximum Gasteiger partial charge on any atom is 0.438 e. The average Bonchev–Trinajstić information content (AvgIpc) is 3.01. The van der Waals surface area contributed by atoms with E-state index in [4.69, 9.17) is 0 Å². The summed E-state index contributed by atoms with van der Waals surface area (Å²) in [5.41, 5.74) is -5.08. The van der Waals surface area contributed by atoms with Gasteiger partial charge in [0.2, 0.25) is 5.91 Å². The number of hydrogen-bond acceptors (Lipinski definition) is 3. The molecule has 1 amide bonds. The third-order valence-corrected chi connectivity index (χ3v) is 4.40. The second-order valence-electron chi connectivity index (χ2n) is 6.48. The molecule has 1 atom stereocenters. The van der Waals surface area contributed by atoms with Gasteiger partial charge in [-0.2, -0.15) is 36.5 Å². The first-order valence-corrected chi connectivity index (χ1v) is 8.33. The Morgan fingerprint density at radius 1 is 1.03 bits per heavy atom. The number of nitrogens with zero attached hydrogens (tertiary/aromatic N) is 2. The fourth-order valence-electron chi connectivity index (χ4n) is 2.91. The summed E-state index contributed by atoms with van der Waals surface area (Å²) in [7, 11) is 0. The molecular formula is C19H14F6N2O2. The fourth-order valence-corrected chi connectivity index (χ4v) is 2.91. The van der Waals surface area contributed by atoms with Gasteiger partial charge in [-0.3, -0.25) is 4.79 Å². The van der Waals surface area contributed by atoms with Crippen molar-refractivity contribution in [3.05, 3.63) is 71.3 Å². The summed E-state index contributed by atoms with van der Waals surface area (Å²) in [6.45, 7) is 0. The number of carbonyl (C=O) groups excluding carboxylic acids is 1. The molecular weight excluding hydrogens is 402 g/mol. The van der Waals surface area contributed by atoms with Gasteiger partial charge >= 0.3 is 12.4 Å². The van der Waals surface area contributed by atoms with Crippen LogP contribution >= 0.6 is 0 Å². The summed E-state index contributed by atoms with van der Waals surface area (Å²) in [6, 6.07) is 11.4. The van der Waals surface area contributed by atoms with Gasteiger partial charge in [0.15, 0.2) is 0 Å². The van der Waals surface area contributed by atoms with Crippen molar-refractivity contribution in [2.75, 3.05) is 0 Å². The van der Waals surface area contributed by atoms with Gasteiger partial charge in [-0.05, 0) is 23.3 Å². The maximum atomic E-state index is 13.6. The van der Waals surface area contributed by atoms with Crippen LogP contribution in [0.2, 0.25) is 0 Å². The molecule has 2 aromatic carbocycles. The van der Waals surface area contributed by atoms with Gasteiger partial charge < -0.3 is 5.11 Å². The molecule has 1 unspecified atom stereocenters. The van der Waals surface area contributed by atoms with Crippen molar-refractivity contribution >= 4 is 11.6 Å². The van der Waals surface area contributed by atoms with E-state index in [0.29, 0.717) is 11.6 Å².